The maximum atomic E-state index is 14.1. The van der Waals surface area contributed by atoms with Crippen molar-refractivity contribution < 1.29 is 13.9 Å². The van der Waals surface area contributed by atoms with Crippen LogP contribution in [0.4, 0.5) is 4.39 Å². The first-order valence-corrected chi connectivity index (χ1v) is 9.64. The van der Waals surface area contributed by atoms with Crippen molar-refractivity contribution in [2.75, 3.05) is 13.7 Å². The van der Waals surface area contributed by atoms with Crippen molar-refractivity contribution >= 4 is 10.9 Å². The molecule has 0 spiro atoms. The fourth-order valence-corrected chi connectivity index (χ4v) is 3.98. The molecule has 5 rings (SSSR count). The van der Waals surface area contributed by atoms with Gasteiger partial charge in [0, 0.05) is 29.7 Å². The third-order valence-corrected chi connectivity index (χ3v) is 5.59. The van der Waals surface area contributed by atoms with Crippen molar-refractivity contribution in [1.29, 1.82) is 5.26 Å². The van der Waals surface area contributed by atoms with E-state index in [0.29, 0.717) is 30.0 Å². The number of rotatable bonds is 3. The van der Waals surface area contributed by atoms with Crippen LogP contribution in [0, 0.1) is 24.1 Å². The molecule has 1 N–H and O–H groups in total. The van der Waals surface area contributed by atoms with Gasteiger partial charge in [-0.3, -0.25) is 0 Å². The molecule has 1 aliphatic rings. The van der Waals surface area contributed by atoms with Crippen molar-refractivity contribution in [2.45, 2.75) is 19.6 Å². The highest BCUT2D eigenvalue weighted by atomic mass is 19.1. The van der Waals surface area contributed by atoms with Crippen LogP contribution in [-0.2, 0) is 11.3 Å². The van der Waals surface area contributed by atoms with Gasteiger partial charge in [0.1, 0.15) is 35.3 Å². The SMILES string of the molecule is COc1cc2[nH]c(-c3cn4c(n3)C(c3cccc(F)c3C)OCC4)cc2cc1C#N. The number of nitrogens with one attached hydrogen (secondary N) is 1. The molecule has 0 saturated carbocycles. The van der Waals surface area contributed by atoms with Gasteiger partial charge < -0.3 is 19.0 Å². The molecule has 30 heavy (non-hydrogen) atoms. The fourth-order valence-electron chi connectivity index (χ4n) is 3.98. The second-order valence-corrected chi connectivity index (χ2v) is 7.32. The predicted molar refractivity (Wildman–Crippen MR) is 110 cm³/mol. The van der Waals surface area contributed by atoms with Crippen molar-refractivity contribution in [3.8, 4) is 23.2 Å². The summed E-state index contributed by atoms with van der Waals surface area (Å²) in [6, 6.07) is 12.8. The van der Waals surface area contributed by atoms with E-state index in [9.17, 15) is 9.65 Å². The Labute approximate surface area is 172 Å². The molecule has 0 fully saturated rings. The number of aromatic nitrogens is 3. The van der Waals surface area contributed by atoms with E-state index in [-0.39, 0.29) is 5.82 Å². The molecule has 3 heterocycles. The molecule has 0 saturated heterocycles. The summed E-state index contributed by atoms with van der Waals surface area (Å²) in [6.07, 6.45) is 1.56. The lowest BCUT2D eigenvalue weighted by Gasteiger charge is -2.25. The number of ether oxygens (including phenoxy) is 2. The fraction of sp³-hybridized carbons (Fsp3) is 0.217. The van der Waals surface area contributed by atoms with Gasteiger partial charge in [-0.15, -0.1) is 0 Å². The Bertz CT molecular complexity index is 1310. The van der Waals surface area contributed by atoms with Gasteiger partial charge in [0.25, 0.3) is 0 Å². The highest BCUT2D eigenvalue weighted by Crippen LogP contribution is 2.34. The molecule has 1 unspecified atom stereocenters. The van der Waals surface area contributed by atoms with Gasteiger partial charge in [-0.05, 0) is 36.2 Å². The van der Waals surface area contributed by atoms with Crippen molar-refractivity contribution in [2.24, 2.45) is 0 Å². The van der Waals surface area contributed by atoms with Crippen molar-refractivity contribution in [1.82, 2.24) is 14.5 Å². The number of imidazole rings is 1. The molecular weight excluding hydrogens is 383 g/mol. The quantitative estimate of drug-likeness (QED) is 0.548. The number of fused-ring (bicyclic) bond motifs is 2. The van der Waals surface area contributed by atoms with Gasteiger partial charge in [-0.25, -0.2) is 9.37 Å². The zero-order chi connectivity index (χ0) is 20.8. The maximum absolute atomic E-state index is 14.1. The van der Waals surface area contributed by atoms with Crippen LogP contribution >= 0.6 is 0 Å². The lowest BCUT2D eigenvalue weighted by molar-refractivity contribution is 0.0424. The van der Waals surface area contributed by atoms with Crippen molar-refractivity contribution in [3.63, 3.8) is 0 Å². The van der Waals surface area contributed by atoms with E-state index in [4.69, 9.17) is 14.5 Å². The molecule has 2 aromatic heterocycles. The number of benzene rings is 2. The summed E-state index contributed by atoms with van der Waals surface area (Å²) in [7, 11) is 1.55. The molecular formula is C23H19FN4O2. The zero-order valence-corrected chi connectivity index (χ0v) is 16.6. The van der Waals surface area contributed by atoms with Gasteiger partial charge in [0.15, 0.2) is 0 Å². The number of aromatic amines is 1. The zero-order valence-electron chi connectivity index (χ0n) is 16.6. The second kappa shape index (κ2) is 7.01. The molecule has 0 bridgehead atoms. The molecule has 150 valence electrons. The molecule has 2 aromatic carbocycles. The highest BCUT2D eigenvalue weighted by Gasteiger charge is 2.28. The summed E-state index contributed by atoms with van der Waals surface area (Å²) >= 11 is 0. The Morgan fingerprint density at radius 1 is 1.33 bits per heavy atom. The van der Waals surface area contributed by atoms with Crippen LogP contribution in [0.5, 0.6) is 5.75 Å². The molecule has 1 aliphatic heterocycles. The first-order valence-electron chi connectivity index (χ1n) is 9.64. The van der Waals surface area contributed by atoms with E-state index < -0.39 is 6.10 Å². The Morgan fingerprint density at radius 3 is 3.00 bits per heavy atom. The lowest BCUT2D eigenvalue weighted by Crippen LogP contribution is -2.23. The molecule has 0 amide bonds. The van der Waals surface area contributed by atoms with Crippen LogP contribution < -0.4 is 4.74 Å². The molecule has 7 heteroatoms. The van der Waals surface area contributed by atoms with E-state index in [1.165, 1.54) is 6.07 Å². The van der Waals surface area contributed by atoms with Crippen molar-refractivity contribution in [3.05, 3.63) is 70.9 Å². The predicted octanol–water partition coefficient (Wildman–Crippen LogP) is 4.48. The average molecular weight is 402 g/mol. The highest BCUT2D eigenvalue weighted by molar-refractivity contribution is 5.88. The summed E-state index contributed by atoms with van der Waals surface area (Å²) in [5, 5.41) is 10.2. The van der Waals surface area contributed by atoms with E-state index in [0.717, 1.165) is 33.7 Å². The molecule has 0 radical (unpaired) electrons. The maximum Gasteiger partial charge on any atom is 0.143 e. The number of halogens is 1. The second-order valence-electron chi connectivity index (χ2n) is 7.32. The third kappa shape index (κ3) is 2.85. The van der Waals surface area contributed by atoms with Crippen LogP contribution in [0.2, 0.25) is 0 Å². The van der Waals surface area contributed by atoms with Crippen LogP contribution in [0.3, 0.4) is 0 Å². The Kier molecular flexibility index (Phi) is 4.30. The molecule has 4 aromatic rings. The number of H-pyrrole nitrogens is 1. The summed E-state index contributed by atoms with van der Waals surface area (Å²) < 4.78 is 27.4. The first kappa shape index (κ1) is 18.4. The molecule has 0 aliphatic carbocycles. The Morgan fingerprint density at radius 2 is 2.20 bits per heavy atom. The summed E-state index contributed by atoms with van der Waals surface area (Å²) in [5.41, 5.74) is 4.30. The van der Waals surface area contributed by atoms with Gasteiger partial charge in [-0.2, -0.15) is 5.26 Å². The number of methoxy groups -OCH3 is 1. The van der Waals surface area contributed by atoms with Gasteiger partial charge in [0.2, 0.25) is 0 Å². The standard InChI is InChI=1S/C23H19FN4O2/c1-13-16(4-3-5-17(13)24)22-23-27-20(12-28(23)6-7-30-22)19-9-14-8-15(11-25)21(29-2)10-18(14)26-19/h3-5,8-10,12,22,26H,6-7H2,1-2H3. The first-order chi connectivity index (χ1) is 14.6. The topological polar surface area (TPSA) is 75.9 Å². The third-order valence-electron chi connectivity index (χ3n) is 5.59. The van der Waals surface area contributed by atoms with Gasteiger partial charge in [0.05, 0.1) is 25.0 Å². The smallest absolute Gasteiger partial charge is 0.143 e. The average Bonchev–Trinajstić information content (AvgIpc) is 3.38. The lowest BCUT2D eigenvalue weighted by atomic mass is 10.0. The van der Waals surface area contributed by atoms with Crippen LogP contribution in [0.25, 0.3) is 22.3 Å². The van der Waals surface area contributed by atoms with E-state index >= 15 is 0 Å². The number of nitriles is 1. The number of nitrogens with zero attached hydrogens (tertiary/aromatic N) is 3. The van der Waals surface area contributed by atoms with E-state index in [1.54, 1.807) is 26.2 Å². The Balaban J connectivity index is 1.59. The summed E-state index contributed by atoms with van der Waals surface area (Å²) in [5.74, 6) is 1.02. The van der Waals surface area contributed by atoms with Crippen LogP contribution in [-0.4, -0.2) is 28.3 Å². The van der Waals surface area contributed by atoms with E-state index in [1.807, 2.05) is 24.4 Å². The summed E-state index contributed by atoms with van der Waals surface area (Å²) in [6.45, 7) is 2.97. The van der Waals surface area contributed by atoms with Gasteiger partial charge in [-0.1, -0.05) is 12.1 Å². The van der Waals surface area contributed by atoms with E-state index in [2.05, 4.69) is 15.6 Å². The largest absolute Gasteiger partial charge is 0.495 e. The number of hydrogen-bond acceptors (Lipinski definition) is 4. The molecule has 1 atom stereocenters. The summed E-state index contributed by atoms with van der Waals surface area (Å²) in [4.78, 5) is 8.17. The minimum Gasteiger partial charge on any atom is -0.495 e. The van der Waals surface area contributed by atoms with Crippen LogP contribution in [0.1, 0.15) is 28.6 Å². The Hall–Kier alpha value is -3.63. The minimum absolute atomic E-state index is 0.252. The van der Waals surface area contributed by atoms with Crippen LogP contribution in [0.15, 0.2) is 42.6 Å². The molecule has 6 nitrogen and oxygen atoms in total. The normalized spacial score (nSPS) is 15.7. The monoisotopic (exact) mass is 402 g/mol. The minimum atomic E-state index is -0.419. The van der Waals surface area contributed by atoms with Gasteiger partial charge >= 0.3 is 0 Å². The number of hydrogen-bond donors (Lipinski definition) is 1.